The van der Waals surface area contributed by atoms with Crippen molar-refractivity contribution in [1.29, 1.82) is 5.26 Å². The molecule has 0 bridgehead atoms. The lowest BCUT2D eigenvalue weighted by Gasteiger charge is -2.15. The maximum Gasteiger partial charge on any atom is 0.453 e. The van der Waals surface area contributed by atoms with E-state index in [0.29, 0.717) is 21.6 Å². The molecular weight excluding hydrogens is 501 g/mol. The van der Waals surface area contributed by atoms with Crippen LogP contribution < -0.4 is 11.1 Å². The summed E-state index contributed by atoms with van der Waals surface area (Å²) in [7, 11) is 0. The van der Waals surface area contributed by atoms with E-state index >= 15 is 0 Å². The van der Waals surface area contributed by atoms with Gasteiger partial charge in [-0.2, -0.15) is 23.5 Å². The summed E-state index contributed by atoms with van der Waals surface area (Å²) >= 11 is 6.29. The van der Waals surface area contributed by atoms with Crippen LogP contribution in [0, 0.1) is 18.3 Å². The van der Waals surface area contributed by atoms with Gasteiger partial charge in [0.05, 0.1) is 52.4 Å². The van der Waals surface area contributed by atoms with Crippen molar-refractivity contribution in [2.75, 3.05) is 5.32 Å². The third-order valence-corrected chi connectivity index (χ3v) is 5.34. The van der Waals surface area contributed by atoms with E-state index in [9.17, 15) is 23.2 Å². The number of alkyl halides is 3. The number of anilines is 1. The molecule has 0 saturated heterocycles. The summed E-state index contributed by atoms with van der Waals surface area (Å²) < 4.78 is 41.6. The second kappa shape index (κ2) is 9.62. The van der Waals surface area contributed by atoms with Gasteiger partial charge in [0.1, 0.15) is 0 Å². The molecule has 3 heterocycles. The number of halogens is 4. The second-order valence-corrected chi connectivity index (χ2v) is 7.96. The highest BCUT2D eigenvalue weighted by Crippen LogP contribution is 2.28. The first kappa shape index (κ1) is 24.6. The lowest BCUT2D eigenvalue weighted by atomic mass is 10.0. The van der Waals surface area contributed by atoms with Crippen molar-refractivity contribution in [2.24, 2.45) is 5.73 Å². The Morgan fingerprint density at radius 2 is 2.08 bits per heavy atom. The fourth-order valence-corrected chi connectivity index (χ4v) is 3.72. The molecule has 0 fully saturated rings. The van der Waals surface area contributed by atoms with Crippen LogP contribution in [0.1, 0.15) is 38.7 Å². The summed E-state index contributed by atoms with van der Waals surface area (Å²) in [6.07, 6.45) is -3.27. The normalized spacial score (nSPS) is 11.3. The quantitative estimate of drug-likeness (QED) is 0.380. The van der Waals surface area contributed by atoms with Crippen LogP contribution in [0.25, 0.3) is 5.82 Å². The zero-order valence-corrected chi connectivity index (χ0v) is 19.2. The Morgan fingerprint density at radius 1 is 1.31 bits per heavy atom. The van der Waals surface area contributed by atoms with Gasteiger partial charge < -0.3 is 11.1 Å². The topological polar surface area (TPSA) is 153 Å². The molecule has 0 atom stereocenters. The monoisotopic (exact) mass is 516 g/mol. The summed E-state index contributed by atoms with van der Waals surface area (Å²) in [4.78, 5) is 16.2. The van der Waals surface area contributed by atoms with Gasteiger partial charge in [-0.15, -0.1) is 5.10 Å². The number of carbonyl (C=O) groups is 1. The highest BCUT2D eigenvalue weighted by molar-refractivity contribution is 6.32. The fourth-order valence-electron chi connectivity index (χ4n) is 3.52. The number of nitrogens with one attached hydrogen (secondary N) is 1. The van der Waals surface area contributed by atoms with Crippen LogP contribution in [-0.2, 0) is 19.3 Å². The number of primary amides is 1. The molecule has 36 heavy (non-hydrogen) atoms. The molecular formula is C21H16ClF3N10O. The molecule has 0 radical (unpaired) electrons. The molecule has 0 aliphatic carbocycles. The average Bonchev–Trinajstić information content (AvgIpc) is 3.45. The van der Waals surface area contributed by atoms with Gasteiger partial charge in [0, 0.05) is 6.20 Å². The predicted octanol–water partition coefficient (Wildman–Crippen LogP) is 2.87. The molecule has 0 unspecified atom stereocenters. The Bertz CT molecular complexity index is 1490. The molecule has 1 aromatic carbocycles. The number of nitriles is 1. The molecule has 0 spiro atoms. The van der Waals surface area contributed by atoms with Crippen molar-refractivity contribution in [1.82, 2.24) is 35.0 Å². The lowest BCUT2D eigenvalue weighted by molar-refractivity contribution is -0.147. The Balaban J connectivity index is 1.73. The summed E-state index contributed by atoms with van der Waals surface area (Å²) in [6, 6.07) is 9.65. The first-order chi connectivity index (χ1) is 17.1. The van der Waals surface area contributed by atoms with Crippen LogP contribution in [0.3, 0.4) is 0 Å². The number of rotatable bonds is 7. The number of nitrogens with two attached hydrogens (primary N) is 1. The van der Waals surface area contributed by atoms with Crippen LogP contribution in [-0.4, -0.2) is 40.9 Å². The van der Waals surface area contributed by atoms with Crippen LogP contribution in [0.4, 0.5) is 18.9 Å². The molecule has 1 amide bonds. The lowest BCUT2D eigenvalue weighted by Crippen LogP contribution is -2.17. The van der Waals surface area contributed by atoms with Crippen molar-refractivity contribution in [3.8, 4) is 11.9 Å². The molecule has 184 valence electrons. The van der Waals surface area contributed by atoms with Gasteiger partial charge in [-0.05, 0) is 53.2 Å². The highest BCUT2D eigenvalue weighted by Gasteiger charge is 2.38. The van der Waals surface area contributed by atoms with Crippen molar-refractivity contribution in [3.05, 3.63) is 75.5 Å². The van der Waals surface area contributed by atoms with E-state index in [-0.39, 0.29) is 40.8 Å². The maximum atomic E-state index is 13.2. The molecule has 0 saturated carbocycles. The van der Waals surface area contributed by atoms with E-state index in [0.717, 1.165) is 0 Å². The number of nitrogens with zero attached hydrogens (tertiary/aromatic N) is 8. The molecule has 11 nitrogen and oxygen atoms in total. The first-order valence-corrected chi connectivity index (χ1v) is 10.6. The van der Waals surface area contributed by atoms with Gasteiger partial charge >= 0.3 is 6.18 Å². The van der Waals surface area contributed by atoms with Gasteiger partial charge in [-0.1, -0.05) is 11.6 Å². The van der Waals surface area contributed by atoms with Crippen LogP contribution in [0.2, 0.25) is 5.02 Å². The summed E-state index contributed by atoms with van der Waals surface area (Å²) in [5.74, 6) is -1.77. The van der Waals surface area contributed by atoms with Gasteiger partial charge in [0.25, 0.3) is 11.7 Å². The third kappa shape index (κ3) is 4.96. The number of aromatic nitrogens is 7. The first-order valence-electron chi connectivity index (χ1n) is 10.2. The minimum Gasteiger partial charge on any atom is -0.379 e. The molecule has 4 rings (SSSR count). The number of hydrogen-bond acceptors (Lipinski definition) is 8. The maximum absolute atomic E-state index is 13.2. The van der Waals surface area contributed by atoms with E-state index in [1.165, 1.54) is 23.0 Å². The Labute approximate surface area is 206 Å². The third-order valence-electron chi connectivity index (χ3n) is 5.05. The number of tetrazole rings is 1. The van der Waals surface area contributed by atoms with Gasteiger partial charge in [0.2, 0.25) is 0 Å². The number of pyridine rings is 1. The average molecular weight is 517 g/mol. The minimum atomic E-state index is -4.75. The summed E-state index contributed by atoms with van der Waals surface area (Å²) in [5.41, 5.74) is 7.50. The fraction of sp³-hybridized carbons (Fsp3) is 0.190. The van der Waals surface area contributed by atoms with Gasteiger partial charge in [0.15, 0.2) is 5.82 Å². The minimum absolute atomic E-state index is 0.0503. The van der Waals surface area contributed by atoms with Crippen molar-refractivity contribution >= 4 is 23.2 Å². The van der Waals surface area contributed by atoms with Crippen LogP contribution >= 0.6 is 11.6 Å². The number of benzene rings is 1. The Morgan fingerprint density at radius 3 is 2.75 bits per heavy atom. The largest absolute Gasteiger partial charge is 0.453 e. The predicted molar refractivity (Wildman–Crippen MR) is 120 cm³/mol. The SMILES string of the molecule is Cc1cc(C#N)cc(C(N)=O)c1NCc1cc(Cn2nnnc2C(F)(F)F)nn1-c1ncccc1Cl. The molecule has 4 aromatic rings. The van der Waals surface area contributed by atoms with Crippen molar-refractivity contribution in [3.63, 3.8) is 0 Å². The number of hydrogen-bond donors (Lipinski definition) is 2. The molecule has 0 aliphatic rings. The molecule has 3 N–H and O–H groups in total. The van der Waals surface area contributed by atoms with Crippen molar-refractivity contribution < 1.29 is 18.0 Å². The van der Waals surface area contributed by atoms with E-state index in [1.54, 1.807) is 25.1 Å². The zero-order chi connectivity index (χ0) is 26.0. The standard InChI is InChI=1S/C21H16ClF3N10O/c1-11-5-12(8-26)6-15(18(27)36)17(11)29-9-14-7-13(10-34-20(21(23,24)25)30-32-33-34)31-35(14)19-16(22)3-2-4-28-19/h2-7,29H,9-10H2,1H3,(H2,27,36). The van der Waals surface area contributed by atoms with Crippen LogP contribution in [0.15, 0.2) is 36.5 Å². The van der Waals surface area contributed by atoms with E-state index < -0.39 is 17.9 Å². The molecule has 3 aromatic heterocycles. The smallest absolute Gasteiger partial charge is 0.379 e. The van der Waals surface area contributed by atoms with Crippen molar-refractivity contribution in [2.45, 2.75) is 26.2 Å². The van der Waals surface area contributed by atoms with Crippen LogP contribution in [0.5, 0.6) is 0 Å². The van der Waals surface area contributed by atoms with E-state index in [4.69, 9.17) is 17.3 Å². The number of amides is 1. The number of carbonyl (C=O) groups excluding carboxylic acids is 1. The van der Waals surface area contributed by atoms with E-state index in [1.807, 2.05) is 6.07 Å². The number of aryl methyl sites for hydroxylation is 1. The summed E-state index contributed by atoms with van der Waals surface area (Å²) in [6.45, 7) is 1.37. The highest BCUT2D eigenvalue weighted by atomic mass is 35.5. The van der Waals surface area contributed by atoms with Gasteiger partial charge in [-0.3, -0.25) is 4.79 Å². The molecule has 15 heteroatoms. The van der Waals surface area contributed by atoms with Gasteiger partial charge in [-0.25, -0.2) is 14.3 Å². The Hall–Kier alpha value is -4.51. The molecule has 0 aliphatic heterocycles. The second-order valence-electron chi connectivity index (χ2n) is 7.55. The summed E-state index contributed by atoms with van der Waals surface area (Å²) in [5, 5.41) is 26.5. The van der Waals surface area contributed by atoms with E-state index in [2.05, 4.69) is 30.9 Å². The Kier molecular flexibility index (Phi) is 6.58. The zero-order valence-electron chi connectivity index (χ0n) is 18.5.